The summed E-state index contributed by atoms with van der Waals surface area (Å²) in [7, 11) is 0. The fourth-order valence-electron chi connectivity index (χ4n) is 3.06. The van der Waals surface area contributed by atoms with Crippen LogP contribution in [0.1, 0.15) is 37.3 Å². The molecule has 1 aliphatic rings. The number of piperidine rings is 1. The van der Waals surface area contributed by atoms with Crippen molar-refractivity contribution in [3.05, 3.63) is 33.3 Å². The van der Waals surface area contributed by atoms with Crippen LogP contribution in [0.25, 0.3) is 0 Å². The molecule has 2 rings (SSSR count). The second kappa shape index (κ2) is 9.42. The minimum absolute atomic E-state index is 0.0144. The van der Waals surface area contributed by atoms with Crippen LogP contribution in [-0.4, -0.2) is 46.9 Å². The van der Waals surface area contributed by atoms with Crippen LogP contribution >= 0.6 is 23.2 Å². The molecule has 148 valence electrons. The third-order valence-corrected chi connectivity index (χ3v) is 5.93. The third-order valence-electron chi connectivity index (χ3n) is 4.91. The van der Waals surface area contributed by atoms with E-state index in [2.05, 4.69) is 5.32 Å². The Morgan fingerprint density at radius 3 is 2.44 bits per heavy atom. The van der Waals surface area contributed by atoms with E-state index in [1.807, 2.05) is 19.1 Å². The summed E-state index contributed by atoms with van der Waals surface area (Å²) < 4.78 is 0. The highest BCUT2D eigenvalue weighted by Gasteiger charge is 2.28. The highest BCUT2D eigenvalue weighted by atomic mass is 35.5. The number of nitrogens with zero attached hydrogens (tertiary/aromatic N) is 1. The number of nitrogens with one attached hydrogen (secondary N) is 1. The molecule has 1 saturated heterocycles. The number of benzene rings is 1. The summed E-state index contributed by atoms with van der Waals surface area (Å²) in [5, 5.41) is 12.4. The van der Waals surface area contributed by atoms with Gasteiger partial charge in [-0.15, -0.1) is 0 Å². The molecule has 0 aromatic heterocycles. The average molecular weight is 415 g/mol. The Hall–Kier alpha value is -1.79. The molecule has 1 heterocycles. The van der Waals surface area contributed by atoms with Crippen molar-refractivity contribution < 1.29 is 19.5 Å². The van der Waals surface area contributed by atoms with E-state index in [4.69, 9.17) is 28.3 Å². The van der Waals surface area contributed by atoms with Gasteiger partial charge in [0.15, 0.2) is 0 Å². The maximum absolute atomic E-state index is 12.4. The number of halogens is 2. The Labute approximate surface area is 168 Å². The number of carboxylic acid groups (broad SMARTS) is 1. The summed E-state index contributed by atoms with van der Waals surface area (Å²) in [5.41, 5.74) is 1.74. The lowest BCUT2D eigenvalue weighted by Gasteiger charge is -2.31. The standard InChI is InChI=1S/C19H24Cl2N2O4/c1-11-3-4-13(17(21)16(11)20)5-6-15(24)23-9-7-14(8-10-23)18(25)22-12(2)19(26)27/h3-4,12,14H,5-10H2,1-2H3,(H,22,25)(H,26,27). The number of carboxylic acids is 1. The lowest BCUT2D eigenvalue weighted by molar-refractivity contribution is -0.142. The molecular formula is C19H24Cl2N2O4. The second-order valence-corrected chi connectivity index (χ2v) is 7.65. The lowest BCUT2D eigenvalue weighted by Crippen LogP contribution is -2.46. The van der Waals surface area contributed by atoms with Crippen molar-refractivity contribution in [2.45, 2.75) is 45.6 Å². The maximum Gasteiger partial charge on any atom is 0.325 e. The molecule has 27 heavy (non-hydrogen) atoms. The van der Waals surface area contributed by atoms with Crippen molar-refractivity contribution in [1.82, 2.24) is 10.2 Å². The highest BCUT2D eigenvalue weighted by molar-refractivity contribution is 6.43. The molecule has 0 spiro atoms. The van der Waals surface area contributed by atoms with Gasteiger partial charge in [0.25, 0.3) is 0 Å². The summed E-state index contributed by atoms with van der Waals surface area (Å²) in [6.07, 6.45) is 1.89. The van der Waals surface area contributed by atoms with E-state index in [1.54, 1.807) is 4.90 Å². The second-order valence-electron chi connectivity index (χ2n) is 6.89. The average Bonchev–Trinajstić information content (AvgIpc) is 2.65. The Kier molecular flexibility index (Phi) is 7.50. The van der Waals surface area contributed by atoms with E-state index in [0.29, 0.717) is 48.8 Å². The molecule has 0 bridgehead atoms. The van der Waals surface area contributed by atoms with E-state index < -0.39 is 12.0 Å². The van der Waals surface area contributed by atoms with Gasteiger partial charge in [-0.05, 0) is 44.2 Å². The van der Waals surface area contributed by atoms with Crippen LogP contribution in [0.2, 0.25) is 10.0 Å². The number of hydrogen-bond acceptors (Lipinski definition) is 3. The van der Waals surface area contributed by atoms with Gasteiger partial charge >= 0.3 is 5.97 Å². The van der Waals surface area contributed by atoms with Crippen LogP contribution in [0.3, 0.4) is 0 Å². The monoisotopic (exact) mass is 414 g/mol. The number of rotatable bonds is 6. The van der Waals surface area contributed by atoms with Crippen LogP contribution < -0.4 is 5.32 Å². The predicted octanol–water partition coefficient (Wildman–Crippen LogP) is 3.06. The molecule has 8 heteroatoms. The molecule has 6 nitrogen and oxygen atoms in total. The normalized spacial score (nSPS) is 16.1. The molecule has 1 atom stereocenters. The van der Waals surface area contributed by atoms with Crippen molar-refractivity contribution in [3.8, 4) is 0 Å². The van der Waals surface area contributed by atoms with Gasteiger partial charge in [0.1, 0.15) is 6.04 Å². The van der Waals surface area contributed by atoms with E-state index in [1.165, 1.54) is 6.92 Å². The van der Waals surface area contributed by atoms with Crippen LogP contribution in [0, 0.1) is 12.8 Å². The van der Waals surface area contributed by atoms with Gasteiger partial charge in [-0.3, -0.25) is 14.4 Å². The van der Waals surface area contributed by atoms with E-state index >= 15 is 0 Å². The van der Waals surface area contributed by atoms with Crippen LogP contribution in [0.15, 0.2) is 12.1 Å². The maximum atomic E-state index is 12.4. The van der Waals surface area contributed by atoms with Crippen molar-refractivity contribution in [2.75, 3.05) is 13.1 Å². The van der Waals surface area contributed by atoms with Gasteiger partial charge in [0.2, 0.25) is 11.8 Å². The van der Waals surface area contributed by atoms with Gasteiger partial charge in [0.05, 0.1) is 10.0 Å². The van der Waals surface area contributed by atoms with Crippen molar-refractivity contribution in [2.24, 2.45) is 5.92 Å². The van der Waals surface area contributed by atoms with E-state index in [9.17, 15) is 14.4 Å². The zero-order valence-corrected chi connectivity index (χ0v) is 16.9. The number of carbonyl (C=O) groups excluding carboxylic acids is 2. The van der Waals surface area contributed by atoms with Crippen LogP contribution in [0.4, 0.5) is 0 Å². The third kappa shape index (κ3) is 5.59. The fraction of sp³-hybridized carbons (Fsp3) is 0.526. The first-order valence-corrected chi connectivity index (χ1v) is 9.70. The van der Waals surface area contributed by atoms with Crippen LogP contribution in [-0.2, 0) is 20.8 Å². The molecule has 1 fully saturated rings. The summed E-state index contributed by atoms with van der Waals surface area (Å²) >= 11 is 12.4. The number of aliphatic carboxylic acids is 1. The molecule has 0 radical (unpaired) electrons. The molecule has 1 aromatic carbocycles. The molecule has 1 aromatic rings. The molecule has 2 N–H and O–H groups in total. The minimum Gasteiger partial charge on any atom is -0.480 e. The van der Waals surface area contributed by atoms with E-state index in [-0.39, 0.29) is 17.7 Å². The first-order chi connectivity index (χ1) is 12.7. The molecule has 0 aliphatic carbocycles. The first-order valence-electron chi connectivity index (χ1n) is 8.95. The smallest absolute Gasteiger partial charge is 0.325 e. The van der Waals surface area contributed by atoms with Crippen molar-refractivity contribution >= 4 is 41.0 Å². The number of hydrogen-bond donors (Lipinski definition) is 2. The summed E-state index contributed by atoms with van der Waals surface area (Å²) in [5.74, 6) is -1.58. The number of aryl methyl sites for hydroxylation is 2. The van der Waals surface area contributed by atoms with Gasteiger partial charge in [-0.1, -0.05) is 35.3 Å². The topological polar surface area (TPSA) is 86.7 Å². The van der Waals surface area contributed by atoms with Crippen molar-refractivity contribution in [1.29, 1.82) is 0 Å². The van der Waals surface area contributed by atoms with Gasteiger partial charge in [0, 0.05) is 25.4 Å². The number of likely N-dealkylation sites (tertiary alicyclic amines) is 1. The van der Waals surface area contributed by atoms with Gasteiger partial charge in [-0.25, -0.2) is 0 Å². The van der Waals surface area contributed by atoms with Gasteiger partial charge < -0.3 is 15.3 Å². The summed E-state index contributed by atoms with van der Waals surface area (Å²) in [4.78, 5) is 37.1. The summed E-state index contributed by atoms with van der Waals surface area (Å²) in [6, 6.07) is 2.86. The highest BCUT2D eigenvalue weighted by Crippen LogP contribution is 2.30. The molecule has 1 aliphatic heterocycles. The quantitative estimate of drug-likeness (QED) is 0.748. The summed E-state index contributed by atoms with van der Waals surface area (Å²) in [6.45, 7) is 4.28. The lowest BCUT2D eigenvalue weighted by atomic mass is 9.95. The molecule has 1 unspecified atom stereocenters. The number of carbonyl (C=O) groups is 3. The van der Waals surface area contributed by atoms with Crippen molar-refractivity contribution in [3.63, 3.8) is 0 Å². The fourth-order valence-corrected chi connectivity index (χ4v) is 3.55. The minimum atomic E-state index is -1.06. The largest absolute Gasteiger partial charge is 0.480 e. The Bertz CT molecular complexity index is 731. The zero-order chi connectivity index (χ0) is 20.1. The van der Waals surface area contributed by atoms with Crippen LogP contribution in [0.5, 0.6) is 0 Å². The predicted molar refractivity (Wildman–Crippen MR) is 104 cm³/mol. The number of amides is 2. The Balaban J connectivity index is 1.82. The molecule has 0 saturated carbocycles. The first kappa shape index (κ1) is 21.5. The Morgan fingerprint density at radius 1 is 1.22 bits per heavy atom. The molecular weight excluding hydrogens is 391 g/mol. The van der Waals surface area contributed by atoms with E-state index in [0.717, 1.165) is 11.1 Å². The SMILES string of the molecule is Cc1ccc(CCC(=O)N2CCC(C(=O)NC(C)C(=O)O)CC2)c(Cl)c1Cl. The Morgan fingerprint density at radius 2 is 1.85 bits per heavy atom. The van der Waals surface area contributed by atoms with Gasteiger partial charge in [-0.2, -0.15) is 0 Å². The zero-order valence-electron chi connectivity index (χ0n) is 15.4. The molecule has 2 amide bonds.